The molecule has 1 aromatic carbocycles. The fourth-order valence-corrected chi connectivity index (χ4v) is 6.17. The second-order valence-electron chi connectivity index (χ2n) is 9.45. The monoisotopic (exact) mass is 421 g/mol. The molecule has 1 N–H and O–H groups in total. The van der Waals surface area contributed by atoms with E-state index in [1.807, 2.05) is 30.0 Å². The van der Waals surface area contributed by atoms with Crippen LogP contribution in [0, 0.1) is 12.3 Å². The number of para-hydroxylation sites is 1. The highest BCUT2D eigenvalue weighted by atomic mass is 32.1. The summed E-state index contributed by atoms with van der Waals surface area (Å²) in [5.41, 5.74) is 3.98. The van der Waals surface area contributed by atoms with Crippen LogP contribution in [-0.4, -0.2) is 33.1 Å². The minimum Gasteiger partial charge on any atom is -0.354 e. The van der Waals surface area contributed by atoms with Crippen molar-refractivity contribution in [2.24, 2.45) is 5.41 Å². The van der Waals surface area contributed by atoms with Gasteiger partial charge in [-0.2, -0.15) is 0 Å². The summed E-state index contributed by atoms with van der Waals surface area (Å²) in [7, 11) is 0. The number of fused-ring (bicyclic) bond motifs is 2. The van der Waals surface area contributed by atoms with E-state index in [1.54, 1.807) is 11.3 Å². The molecular formula is C24H27N3O2S. The van der Waals surface area contributed by atoms with Crippen molar-refractivity contribution in [3.05, 3.63) is 51.8 Å². The summed E-state index contributed by atoms with van der Waals surface area (Å²) in [6.07, 6.45) is 4.35. The summed E-state index contributed by atoms with van der Waals surface area (Å²) in [5.74, 6) is 0.145. The Morgan fingerprint density at radius 1 is 1.23 bits per heavy atom. The zero-order chi connectivity index (χ0) is 21.0. The predicted molar refractivity (Wildman–Crippen MR) is 119 cm³/mol. The van der Waals surface area contributed by atoms with Gasteiger partial charge >= 0.3 is 0 Å². The highest BCUT2D eigenvalue weighted by molar-refractivity contribution is 7.18. The molecule has 5 rings (SSSR count). The summed E-state index contributed by atoms with van der Waals surface area (Å²) in [6, 6.07) is 8.14. The third-order valence-electron chi connectivity index (χ3n) is 6.47. The topological polar surface area (TPSA) is 66.1 Å². The fraction of sp³-hybridized carbons (Fsp3) is 0.458. The lowest BCUT2D eigenvalue weighted by atomic mass is 9.75. The molecule has 6 heteroatoms. The van der Waals surface area contributed by atoms with Gasteiger partial charge in [0, 0.05) is 24.2 Å². The van der Waals surface area contributed by atoms with Crippen molar-refractivity contribution in [2.75, 3.05) is 6.54 Å². The lowest BCUT2D eigenvalue weighted by molar-refractivity contribution is 0.0605. The molecule has 1 aliphatic carbocycles. The largest absolute Gasteiger partial charge is 0.354 e. The lowest BCUT2D eigenvalue weighted by Gasteiger charge is -2.34. The summed E-state index contributed by atoms with van der Waals surface area (Å²) >= 11 is 1.68. The zero-order valence-electron chi connectivity index (χ0n) is 17.7. The Labute approximate surface area is 180 Å². The first kappa shape index (κ1) is 19.5. The first-order chi connectivity index (χ1) is 14.3. The Balaban J connectivity index is 1.51. The van der Waals surface area contributed by atoms with Crippen molar-refractivity contribution < 1.29 is 9.59 Å². The highest BCUT2D eigenvalue weighted by Gasteiger charge is 2.38. The van der Waals surface area contributed by atoms with Crippen LogP contribution in [-0.2, 0) is 6.42 Å². The molecule has 5 nitrogen and oxygen atoms in total. The molecule has 3 heterocycles. The molecule has 2 aliphatic rings. The lowest BCUT2D eigenvalue weighted by Crippen LogP contribution is -2.39. The van der Waals surface area contributed by atoms with Gasteiger partial charge in [-0.25, -0.2) is 4.98 Å². The summed E-state index contributed by atoms with van der Waals surface area (Å²) in [4.78, 5) is 36.6. The molecule has 0 bridgehead atoms. The van der Waals surface area contributed by atoms with Crippen LogP contribution in [0.5, 0.6) is 0 Å². The molecule has 0 radical (unpaired) electrons. The SMILES string of the molecule is Cc1c(C(=O)N2CCCC[C@H]2c2nc3ccccc3s2)[nH]c2c1C(=O)CC(C)(C)C2. The Morgan fingerprint density at radius 3 is 2.83 bits per heavy atom. The van der Waals surface area contributed by atoms with Crippen molar-refractivity contribution in [3.8, 4) is 0 Å². The second-order valence-corrected chi connectivity index (χ2v) is 10.5. The number of ketones is 1. The van der Waals surface area contributed by atoms with E-state index in [0.717, 1.165) is 64.3 Å². The molecule has 0 unspecified atom stereocenters. The zero-order valence-corrected chi connectivity index (χ0v) is 18.6. The smallest absolute Gasteiger partial charge is 0.271 e. The number of Topliss-reactive ketones (excluding diaryl/α,β-unsaturated/α-hetero) is 1. The number of aromatic nitrogens is 2. The first-order valence-electron chi connectivity index (χ1n) is 10.8. The number of carbonyl (C=O) groups excluding carboxylic acids is 2. The third-order valence-corrected chi connectivity index (χ3v) is 7.61. The minimum absolute atomic E-state index is 0.00328. The molecule has 1 aliphatic heterocycles. The van der Waals surface area contributed by atoms with E-state index >= 15 is 0 Å². The molecule has 156 valence electrons. The van der Waals surface area contributed by atoms with Gasteiger partial charge in [-0.15, -0.1) is 11.3 Å². The Bertz CT molecular complexity index is 1120. The van der Waals surface area contributed by atoms with E-state index in [9.17, 15) is 9.59 Å². The van der Waals surface area contributed by atoms with E-state index in [1.165, 1.54) is 0 Å². The van der Waals surface area contributed by atoms with Crippen molar-refractivity contribution >= 4 is 33.2 Å². The molecule has 1 fully saturated rings. The number of rotatable bonds is 2. The number of nitrogens with zero attached hydrogens (tertiary/aromatic N) is 2. The van der Waals surface area contributed by atoms with Gasteiger partial charge in [0.2, 0.25) is 0 Å². The standard InChI is InChI=1S/C24H27N3O2S/c1-14-20-16(12-24(2,3)13-18(20)28)25-21(14)23(29)27-11-7-6-9-17(27)22-26-15-8-4-5-10-19(15)30-22/h4-5,8,10,17,25H,6-7,9,11-13H2,1-3H3/t17-/m0/s1. The van der Waals surface area contributed by atoms with Gasteiger partial charge in [0.1, 0.15) is 10.7 Å². The number of amides is 1. The number of thiazole rings is 1. The van der Waals surface area contributed by atoms with Crippen LogP contribution in [0.15, 0.2) is 24.3 Å². The Morgan fingerprint density at radius 2 is 2.03 bits per heavy atom. The average molecular weight is 422 g/mol. The molecule has 1 saturated heterocycles. The van der Waals surface area contributed by atoms with Crippen LogP contribution in [0.4, 0.5) is 0 Å². The van der Waals surface area contributed by atoms with Crippen molar-refractivity contribution in [1.29, 1.82) is 0 Å². The molecule has 30 heavy (non-hydrogen) atoms. The second kappa shape index (κ2) is 7.05. The van der Waals surface area contributed by atoms with Crippen LogP contribution in [0.2, 0.25) is 0 Å². The molecule has 0 spiro atoms. The predicted octanol–water partition coefficient (Wildman–Crippen LogP) is 5.46. The van der Waals surface area contributed by atoms with E-state index in [4.69, 9.17) is 4.98 Å². The quantitative estimate of drug-likeness (QED) is 0.598. The van der Waals surface area contributed by atoms with Crippen LogP contribution >= 0.6 is 11.3 Å². The molecule has 3 aromatic rings. The number of aromatic amines is 1. The van der Waals surface area contributed by atoms with Gasteiger partial charge in [-0.05, 0) is 55.7 Å². The molecule has 2 aromatic heterocycles. The first-order valence-corrected chi connectivity index (χ1v) is 11.6. The van der Waals surface area contributed by atoms with Gasteiger partial charge in [0.25, 0.3) is 5.91 Å². The van der Waals surface area contributed by atoms with E-state index in [-0.39, 0.29) is 23.1 Å². The van der Waals surface area contributed by atoms with Crippen molar-refractivity contribution in [3.63, 3.8) is 0 Å². The van der Waals surface area contributed by atoms with Gasteiger partial charge in [0.15, 0.2) is 5.78 Å². The van der Waals surface area contributed by atoms with Gasteiger partial charge in [0.05, 0.1) is 16.3 Å². The number of nitrogens with one attached hydrogen (secondary N) is 1. The maximum absolute atomic E-state index is 13.7. The normalized spacial score (nSPS) is 21.1. The van der Waals surface area contributed by atoms with Crippen LogP contribution < -0.4 is 0 Å². The van der Waals surface area contributed by atoms with E-state index in [0.29, 0.717) is 12.1 Å². The van der Waals surface area contributed by atoms with Gasteiger partial charge < -0.3 is 9.88 Å². The third kappa shape index (κ3) is 3.18. The van der Waals surface area contributed by atoms with Crippen molar-refractivity contribution in [1.82, 2.24) is 14.9 Å². The van der Waals surface area contributed by atoms with E-state index in [2.05, 4.69) is 24.9 Å². The summed E-state index contributed by atoms with van der Waals surface area (Å²) in [6.45, 7) is 6.86. The molecular weight excluding hydrogens is 394 g/mol. The number of H-pyrrole nitrogens is 1. The average Bonchev–Trinajstić information content (AvgIpc) is 3.27. The van der Waals surface area contributed by atoms with Gasteiger partial charge in [-0.1, -0.05) is 26.0 Å². The maximum atomic E-state index is 13.7. The number of carbonyl (C=O) groups is 2. The molecule has 0 saturated carbocycles. The van der Waals surface area contributed by atoms with E-state index < -0.39 is 0 Å². The maximum Gasteiger partial charge on any atom is 0.271 e. The van der Waals surface area contributed by atoms with Crippen molar-refractivity contribution in [2.45, 2.75) is 58.9 Å². The van der Waals surface area contributed by atoms with Crippen LogP contribution in [0.3, 0.4) is 0 Å². The summed E-state index contributed by atoms with van der Waals surface area (Å²) in [5, 5.41) is 1.01. The minimum atomic E-state index is -0.0731. The van der Waals surface area contributed by atoms with Gasteiger partial charge in [-0.3, -0.25) is 9.59 Å². The number of hydrogen-bond acceptors (Lipinski definition) is 4. The fourth-order valence-electron chi connectivity index (χ4n) is 5.05. The number of piperidine rings is 1. The number of hydrogen-bond donors (Lipinski definition) is 1. The molecule has 1 atom stereocenters. The Hall–Kier alpha value is -2.47. The van der Waals surface area contributed by atoms with Crippen LogP contribution in [0.1, 0.15) is 82.7 Å². The molecule has 1 amide bonds. The number of benzene rings is 1. The number of likely N-dealkylation sites (tertiary alicyclic amines) is 1. The Kier molecular flexibility index (Phi) is 4.58. The summed E-state index contributed by atoms with van der Waals surface area (Å²) < 4.78 is 1.16. The van der Waals surface area contributed by atoms with Crippen LogP contribution in [0.25, 0.3) is 10.2 Å². The highest BCUT2D eigenvalue weighted by Crippen LogP contribution is 2.39.